The molecule has 21 heavy (non-hydrogen) atoms. The molecule has 0 saturated carbocycles. The topological polar surface area (TPSA) is 83.8 Å². The van der Waals surface area contributed by atoms with Gasteiger partial charge in [0.15, 0.2) is 5.69 Å². The van der Waals surface area contributed by atoms with E-state index in [1.165, 1.54) is 0 Å². The Hall–Kier alpha value is -2.30. The van der Waals surface area contributed by atoms with Gasteiger partial charge in [0.05, 0.1) is 17.4 Å². The average Bonchev–Trinajstić information content (AvgIpc) is 2.81. The summed E-state index contributed by atoms with van der Waals surface area (Å²) in [6, 6.07) is 7.88. The van der Waals surface area contributed by atoms with Gasteiger partial charge in [-0.2, -0.15) is 5.10 Å². The van der Waals surface area contributed by atoms with Gasteiger partial charge >= 0.3 is 0 Å². The fourth-order valence-corrected chi connectivity index (χ4v) is 2.39. The number of aromatic amines is 1. The van der Waals surface area contributed by atoms with Crippen molar-refractivity contribution in [3.63, 3.8) is 0 Å². The van der Waals surface area contributed by atoms with E-state index in [2.05, 4.69) is 15.5 Å². The third-order valence-corrected chi connectivity index (χ3v) is 3.63. The Balaban J connectivity index is 2.17. The van der Waals surface area contributed by atoms with Crippen molar-refractivity contribution in [3.05, 3.63) is 46.8 Å². The van der Waals surface area contributed by atoms with Crippen LogP contribution in [0, 0.1) is 6.92 Å². The molecular weight excluding hydrogens is 264 g/mol. The number of carbonyl (C=O) groups is 1. The molecule has 1 aromatic carbocycles. The lowest BCUT2D eigenvalue weighted by molar-refractivity contribution is 0.0935. The molecule has 0 fully saturated rings. The smallest absolute Gasteiger partial charge is 0.274 e. The molecule has 5 heteroatoms. The summed E-state index contributed by atoms with van der Waals surface area (Å²) in [6.07, 6.45) is 0. The zero-order valence-corrected chi connectivity index (χ0v) is 12.9. The molecule has 1 aromatic heterocycles. The summed E-state index contributed by atoms with van der Waals surface area (Å²) in [5.41, 5.74) is 9.71. The van der Waals surface area contributed by atoms with Crippen LogP contribution in [0.15, 0.2) is 24.3 Å². The van der Waals surface area contributed by atoms with Crippen molar-refractivity contribution in [3.8, 4) is 0 Å². The van der Waals surface area contributed by atoms with Crippen LogP contribution in [0.1, 0.15) is 60.0 Å². The number of aromatic nitrogens is 2. The minimum atomic E-state index is -0.258. The molecular formula is C16H22N4O. The molecule has 0 aliphatic heterocycles. The molecule has 0 aliphatic carbocycles. The number of nitrogen functional groups attached to an aromatic ring is 1. The molecule has 0 aliphatic rings. The molecule has 1 atom stereocenters. The monoisotopic (exact) mass is 286 g/mol. The highest BCUT2D eigenvalue weighted by Crippen LogP contribution is 2.23. The first-order chi connectivity index (χ1) is 9.91. The second-order valence-corrected chi connectivity index (χ2v) is 5.61. The van der Waals surface area contributed by atoms with Gasteiger partial charge in [0.25, 0.3) is 5.91 Å². The molecule has 1 amide bonds. The first-order valence-electron chi connectivity index (χ1n) is 7.12. The van der Waals surface area contributed by atoms with Crippen LogP contribution in [-0.2, 0) is 0 Å². The maximum absolute atomic E-state index is 12.3. The molecule has 0 radical (unpaired) electrons. The molecule has 2 aromatic rings. The quantitative estimate of drug-likeness (QED) is 0.808. The molecule has 4 N–H and O–H groups in total. The average molecular weight is 286 g/mol. The molecule has 0 saturated heterocycles. The van der Waals surface area contributed by atoms with Gasteiger partial charge in [0.2, 0.25) is 0 Å². The number of benzene rings is 1. The summed E-state index contributed by atoms with van der Waals surface area (Å²) in [5.74, 6) is -0.0563. The van der Waals surface area contributed by atoms with Crippen molar-refractivity contribution < 1.29 is 4.79 Å². The van der Waals surface area contributed by atoms with Crippen LogP contribution >= 0.6 is 0 Å². The molecule has 0 bridgehead atoms. The van der Waals surface area contributed by atoms with E-state index in [9.17, 15) is 4.79 Å². The number of hydrogen-bond donors (Lipinski definition) is 3. The van der Waals surface area contributed by atoms with Crippen molar-refractivity contribution in [2.75, 3.05) is 5.73 Å². The van der Waals surface area contributed by atoms with Crippen LogP contribution in [-0.4, -0.2) is 16.1 Å². The van der Waals surface area contributed by atoms with Crippen molar-refractivity contribution >= 4 is 11.6 Å². The highest BCUT2D eigenvalue weighted by atomic mass is 16.2. The number of nitrogens with one attached hydrogen (secondary N) is 2. The van der Waals surface area contributed by atoms with Gasteiger partial charge in [-0.15, -0.1) is 0 Å². The number of nitrogens with two attached hydrogens (primary N) is 1. The minimum absolute atomic E-state index is 0.0997. The summed E-state index contributed by atoms with van der Waals surface area (Å²) in [6.45, 7) is 7.98. The molecule has 0 spiro atoms. The number of amides is 1. The van der Waals surface area contributed by atoms with Gasteiger partial charge in [-0.05, 0) is 30.9 Å². The predicted molar refractivity (Wildman–Crippen MR) is 84.1 cm³/mol. The van der Waals surface area contributed by atoms with E-state index in [0.717, 1.165) is 16.8 Å². The van der Waals surface area contributed by atoms with Gasteiger partial charge in [-0.25, -0.2) is 0 Å². The standard InChI is InChI=1S/C16H22N4O/c1-9(2)14-13(17)15(20-19-14)16(21)18-11(4)12-8-6-5-7-10(12)3/h5-9,11H,17H2,1-4H3,(H,18,21)(H,19,20). The third kappa shape index (κ3) is 3.07. The van der Waals surface area contributed by atoms with Gasteiger partial charge < -0.3 is 11.1 Å². The third-order valence-electron chi connectivity index (χ3n) is 3.63. The number of H-pyrrole nitrogens is 1. The van der Waals surface area contributed by atoms with Crippen molar-refractivity contribution in [2.24, 2.45) is 0 Å². The fourth-order valence-electron chi connectivity index (χ4n) is 2.39. The Morgan fingerprint density at radius 2 is 1.95 bits per heavy atom. The van der Waals surface area contributed by atoms with Crippen LogP contribution in [0.4, 0.5) is 5.69 Å². The first-order valence-corrected chi connectivity index (χ1v) is 7.12. The Morgan fingerprint density at radius 1 is 1.29 bits per heavy atom. The normalized spacial score (nSPS) is 12.4. The number of hydrogen-bond acceptors (Lipinski definition) is 3. The van der Waals surface area contributed by atoms with Crippen LogP contribution < -0.4 is 11.1 Å². The molecule has 5 nitrogen and oxygen atoms in total. The summed E-state index contributed by atoms with van der Waals surface area (Å²) in [4.78, 5) is 12.3. The summed E-state index contributed by atoms with van der Waals surface area (Å²) in [7, 11) is 0. The maximum atomic E-state index is 12.3. The summed E-state index contributed by atoms with van der Waals surface area (Å²) >= 11 is 0. The minimum Gasteiger partial charge on any atom is -0.395 e. The van der Waals surface area contributed by atoms with Gasteiger partial charge in [0, 0.05) is 0 Å². The molecule has 1 heterocycles. The van der Waals surface area contributed by atoms with E-state index in [1.54, 1.807) is 0 Å². The van der Waals surface area contributed by atoms with Crippen LogP contribution in [0.25, 0.3) is 0 Å². The summed E-state index contributed by atoms with van der Waals surface area (Å²) < 4.78 is 0. The van der Waals surface area contributed by atoms with E-state index in [-0.39, 0.29) is 23.6 Å². The van der Waals surface area contributed by atoms with Crippen molar-refractivity contribution in [1.29, 1.82) is 0 Å². The summed E-state index contributed by atoms with van der Waals surface area (Å²) in [5, 5.41) is 9.83. The zero-order valence-electron chi connectivity index (χ0n) is 12.9. The van der Waals surface area contributed by atoms with E-state index in [1.807, 2.05) is 52.0 Å². The SMILES string of the molecule is Cc1ccccc1C(C)NC(=O)c1n[nH]c(C(C)C)c1N. The second-order valence-electron chi connectivity index (χ2n) is 5.61. The van der Waals surface area contributed by atoms with E-state index in [4.69, 9.17) is 5.73 Å². The first kappa shape index (κ1) is 15.1. The Kier molecular flexibility index (Phi) is 4.31. The Morgan fingerprint density at radius 3 is 2.52 bits per heavy atom. The predicted octanol–water partition coefficient (Wildman–Crippen LogP) is 2.91. The lowest BCUT2D eigenvalue weighted by atomic mass is 10.0. The highest BCUT2D eigenvalue weighted by molar-refractivity contribution is 5.97. The van der Waals surface area contributed by atoms with E-state index >= 15 is 0 Å². The lowest BCUT2D eigenvalue weighted by Gasteiger charge is -2.16. The number of aryl methyl sites for hydroxylation is 1. The van der Waals surface area contributed by atoms with Gasteiger partial charge in [-0.1, -0.05) is 38.1 Å². The molecule has 1 unspecified atom stereocenters. The van der Waals surface area contributed by atoms with Crippen LogP contribution in [0.2, 0.25) is 0 Å². The van der Waals surface area contributed by atoms with E-state index < -0.39 is 0 Å². The zero-order chi connectivity index (χ0) is 15.6. The Bertz CT molecular complexity index is 645. The number of carbonyl (C=O) groups excluding carboxylic acids is 1. The fraction of sp³-hybridized carbons (Fsp3) is 0.375. The molecule has 112 valence electrons. The second kappa shape index (κ2) is 5.99. The Labute approximate surface area is 124 Å². The maximum Gasteiger partial charge on any atom is 0.274 e. The number of rotatable bonds is 4. The number of anilines is 1. The van der Waals surface area contributed by atoms with Crippen molar-refractivity contribution in [2.45, 2.75) is 39.7 Å². The van der Waals surface area contributed by atoms with Gasteiger partial charge in [0.1, 0.15) is 0 Å². The molecule has 2 rings (SSSR count). The van der Waals surface area contributed by atoms with Crippen LogP contribution in [0.5, 0.6) is 0 Å². The van der Waals surface area contributed by atoms with Crippen LogP contribution in [0.3, 0.4) is 0 Å². The highest BCUT2D eigenvalue weighted by Gasteiger charge is 2.20. The van der Waals surface area contributed by atoms with Gasteiger partial charge in [-0.3, -0.25) is 9.89 Å². The number of nitrogens with zero attached hydrogens (tertiary/aromatic N) is 1. The van der Waals surface area contributed by atoms with Crippen molar-refractivity contribution in [1.82, 2.24) is 15.5 Å². The largest absolute Gasteiger partial charge is 0.395 e. The lowest BCUT2D eigenvalue weighted by Crippen LogP contribution is -2.28. The van der Waals surface area contributed by atoms with E-state index in [0.29, 0.717) is 5.69 Å².